The second kappa shape index (κ2) is 6.15. The fraction of sp³-hybridized carbons (Fsp3) is 0.286. The van der Waals surface area contributed by atoms with E-state index in [1.807, 2.05) is 31.2 Å². The Hall–Kier alpha value is -2.14. The average Bonchev–Trinajstić information content (AvgIpc) is 2.79. The summed E-state index contributed by atoms with van der Waals surface area (Å²) >= 11 is 0. The number of hydrogen-bond acceptors (Lipinski definition) is 4. The molecular weight excluding hydrogens is 244 g/mol. The Morgan fingerprint density at radius 3 is 3.05 bits per heavy atom. The molecule has 1 heterocycles. The fourth-order valence-corrected chi connectivity index (χ4v) is 1.67. The van der Waals surface area contributed by atoms with Gasteiger partial charge in [-0.25, -0.2) is 4.98 Å². The third kappa shape index (κ3) is 3.66. The van der Waals surface area contributed by atoms with Gasteiger partial charge >= 0.3 is 0 Å². The predicted molar refractivity (Wildman–Crippen MR) is 72.4 cm³/mol. The van der Waals surface area contributed by atoms with Crippen molar-refractivity contribution in [3.63, 3.8) is 0 Å². The minimum atomic E-state index is -0.233. The summed E-state index contributed by atoms with van der Waals surface area (Å²) in [7, 11) is 0. The number of rotatable bonds is 5. The molecule has 2 N–H and O–H groups in total. The molecule has 5 nitrogen and oxygen atoms in total. The van der Waals surface area contributed by atoms with E-state index in [2.05, 4.69) is 10.3 Å². The molecule has 1 aromatic heterocycles. The number of nitrogens with zero attached hydrogens (tertiary/aromatic N) is 1. The van der Waals surface area contributed by atoms with E-state index in [1.54, 1.807) is 0 Å². The van der Waals surface area contributed by atoms with E-state index >= 15 is 0 Å². The van der Waals surface area contributed by atoms with Crippen LogP contribution in [0, 0.1) is 0 Å². The summed E-state index contributed by atoms with van der Waals surface area (Å²) in [5, 5.41) is 11.5. The van der Waals surface area contributed by atoms with Crippen LogP contribution in [0.4, 0.5) is 0 Å². The van der Waals surface area contributed by atoms with Gasteiger partial charge in [0.05, 0.1) is 0 Å². The number of hydrogen-bond donors (Lipinski definition) is 2. The number of nitrogens with one attached hydrogen (secondary N) is 1. The molecule has 2 aromatic rings. The molecule has 1 atom stereocenters. The van der Waals surface area contributed by atoms with Crippen LogP contribution in [0.5, 0.6) is 0 Å². The van der Waals surface area contributed by atoms with E-state index in [0.717, 1.165) is 5.52 Å². The quantitative estimate of drug-likeness (QED) is 0.803. The highest BCUT2D eigenvalue weighted by molar-refractivity contribution is 5.91. The van der Waals surface area contributed by atoms with Crippen LogP contribution >= 0.6 is 0 Å². The van der Waals surface area contributed by atoms with Crippen LogP contribution in [0.3, 0.4) is 0 Å². The summed E-state index contributed by atoms with van der Waals surface area (Å²) in [6, 6.07) is 7.35. The maximum absolute atomic E-state index is 11.6. The lowest BCUT2D eigenvalue weighted by molar-refractivity contribution is -0.117. The second-order valence-corrected chi connectivity index (χ2v) is 4.28. The van der Waals surface area contributed by atoms with Crippen LogP contribution in [0.15, 0.2) is 34.8 Å². The number of aromatic nitrogens is 1. The zero-order valence-corrected chi connectivity index (χ0v) is 10.7. The number of oxazole rings is 1. The first-order valence-corrected chi connectivity index (χ1v) is 6.14. The number of carbonyl (C=O) groups is 1. The summed E-state index contributed by atoms with van der Waals surface area (Å²) in [6.45, 7) is 1.89. The largest absolute Gasteiger partial charge is 0.437 e. The molecule has 19 heavy (non-hydrogen) atoms. The molecule has 2 rings (SSSR count). The van der Waals surface area contributed by atoms with Gasteiger partial charge in [-0.2, -0.15) is 0 Å². The monoisotopic (exact) mass is 260 g/mol. The molecule has 1 unspecified atom stereocenters. The van der Waals surface area contributed by atoms with Gasteiger partial charge in [0.25, 0.3) is 0 Å². The Morgan fingerprint density at radius 2 is 2.32 bits per heavy atom. The van der Waals surface area contributed by atoms with Crippen LogP contribution in [0.2, 0.25) is 0 Å². The highest BCUT2D eigenvalue weighted by atomic mass is 16.3. The molecule has 0 spiro atoms. The summed E-state index contributed by atoms with van der Waals surface area (Å²) in [6.07, 6.45) is 3.43. The van der Waals surface area contributed by atoms with Gasteiger partial charge in [0.2, 0.25) is 11.8 Å². The fourth-order valence-electron chi connectivity index (χ4n) is 1.67. The van der Waals surface area contributed by atoms with Gasteiger partial charge in [0, 0.05) is 24.8 Å². The first-order valence-electron chi connectivity index (χ1n) is 6.14. The van der Waals surface area contributed by atoms with Crippen LogP contribution < -0.4 is 5.32 Å². The van der Waals surface area contributed by atoms with Gasteiger partial charge in [-0.3, -0.25) is 4.79 Å². The lowest BCUT2D eigenvalue weighted by Gasteiger charge is -2.09. The molecule has 1 aromatic carbocycles. The van der Waals surface area contributed by atoms with Crippen molar-refractivity contribution in [1.29, 1.82) is 0 Å². The minimum Gasteiger partial charge on any atom is -0.437 e. The molecule has 0 saturated heterocycles. The van der Waals surface area contributed by atoms with E-state index < -0.39 is 0 Å². The standard InChI is InChI=1S/C14H16N2O3/c1-10(8-9-17)15-13(18)6-7-14-16-11-4-2-3-5-12(11)19-14/h2-7,10,17H,8-9H2,1H3,(H,15,18)/b7-6+. The smallest absolute Gasteiger partial charge is 0.244 e. The maximum atomic E-state index is 11.6. The molecule has 5 heteroatoms. The van der Waals surface area contributed by atoms with Gasteiger partial charge in [-0.05, 0) is 25.5 Å². The summed E-state index contributed by atoms with van der Waals surface area (Å²) < 4.78 is 5.45. The SMILES string of the molecule is CC(CCO)NC(=O)/C=C/c1nc2ccccc2o1. The molecule has 0 radical (unpaired) electrons. The van der Waals surface area contributed by atoms with Crippen molar-refractivity contribution >= 4 is 23.1 Å². The van der Waals surface area contributed by atoms with Crippen molar-refractivity contribution in [2.45, 2.75) is 19.4 Å². The van der Waals surface area contributed by atoms with E-state index in [-0.39, 0.29) is 18.6 Å². The summed E-state index contributed by atoms with van der Waals surface area (Å²) in [5.74, 6) is 0.161. The average molecular weight is 260 g/mol. The molecule has 0 aliphatic heterocycles. The van der Waals surface area contributed by atoms with Crippen LogP contribution in [0.25, 0.3) is 17.2 Å². The molecule has 0 aliphatic rings. The Labute approximate surface area is 110 Å². The van der Waals surface area contributed by atoms with E-state index in [0.29, 0.717) is 17.9 Å². The van der Waals surface area contributed by atoms with Gasteiger partial charge in [0.15, 0.2) is 5.58 Å². The Kier molecular flexibility index (Phi) is 4.30. The van der Waals surface area contributed by atoms with Gasteiger partial charge in [0.1, 0.15) is 5.52 Å². The molecular formula is C14H16N2O3. The first-order chi connectivity index (χ1) is 9.19. The number of fused-ring (bicyclic) bond motifs is 1. The Balaban J connectivity index is 1.99. The van der Waals surface area contributed by atoms with Crippen molar-refractivity contribution in [3.8, 4) is 0 Å². The zero-order chi connectivity index (χ0) is 13.7. The Morgan fingerprint density at radius 1 is 1.53 bits per heavy atom. The number of aliphatic hydroxyl groups is 1. The molecule has 0 fully saturated rings. The Bertz CT molecular complexity index is 556. The molecule has 1 amide bonds. The number of carbonyl (C=O) groups excluding carboxylic acids is 1. The van der Waals surface area contributed by atoms with Crippen molar-refractivity contribution in [1.82, 2.24) is 10.3 Å². The van der Waals surface area contributed by atoms with Gasteiger partial charge in [-0.1, -0.05) is 12.1 Å². The number of benzene rings is 1. The first kappa shape index (κ1) is 13.3. The number of para-hydroxylation sites is 2. The highest BCUT2D eigenvalue weighted by Crippen LogP contribution is 2.15. The molecule has 0 saturated carbocycles. The minimum absolute atomic E-state index is 0.0519. The maximum Gasteiger partial charge on any atom is 0.244 e. The van der Waals surface area contributed by atoms with Crippen LogP contribution in [-0.2, 0) is 4.79 Å². The zero-order valence-electron chi connectivity index (χ0n) is 10.7. The highest BCUT2D eigenvalue weighted by Gasteiger charge is 2.05. The van der Waals surface area contributed by atoms with Gasteiger partial charge in [-0.15, -0.1) is 0 Å². The van der Waals surface area contributed by atoms with Crippen molar-refractivity contribution in [2.24, 2.45) is 0 Å². The lowest BCUT2D eigenvalue weighted by atomic mass is 10.2. The number of aliphatic hydroxyl groups excluding tert-OH is 1. The topological polar surface area (TPSA) is 75.4 Å². The summed E-state index contributed by atoms with van der Waals surface area (Å²) in [5.41, 5.74) is 1.45. The second-order valence-electron chi connectivity index (χ2n) is 4.28. The number of amides is 1. The molecule has 0 aliphatic carbocycles. The third-order valence-corrected chi connectivity index (χ3v) is 2.64. The molecule has 0 bridgehead atoms. The van der Waals surface area contributed by atoms with Gasteiger partial charge < -0.3 is 14.8 Å². The van der Waals surface area contributed by atoms with Crippen LogP contribution in [0.1, 0.15) is 19.2 Å². The van der Waals surface area contributed by atoms with Crippen LogP contribution in [-0.4, -0.2) is 28.6 Å². The molecule has 100 valence electrons. The third-order valence-electron chi connectivity index (χ3n) is 2.64. The normalized spacial score (nSPS) is 12.9. The van der Waals surface area contributed by atoms with Crippen molar-refractivity contribution < 1.29 is 14.3 Å². The summed E-state index contributed by atoms with van der Waals surface area (Å²) in [4.78, 5) is 15.8. The van der Waals surface area contributed by atoms with E-state index in [9.17, 15) is 4.79 Å². The van der Waals surface area contributed by atoms with Crippen molar-refractivity contribution in [3.05, 3.63) is 36.2 Å². The predicted octanol–water partition coefficient (Wildman–Crippen LogP) is 1.73. The lowest BCUT2D eigenvalue weighted by Crippen LogP contribution is -2.31. The van der Waals surface area contributed by atoms with E-state index in [1.165, 1.54) is 12.2 Å². The van der Waals surface area contributed by atoms with E-state index in [4.69, 9.17) is 9.52 Å². The van der Waals surface area contributed by atoms with Crippen molar-refractivity contribution in [2.75, 3.05) is 6.61 Å².